The second-order valence-electron chi connectivity index (χ2n) is 5.51. The summed E-state index contributed by atoms with van der Waals surface area (Å²) in [5.41, 5.74) is 3.75. The van der Waals surface area contributed by atoms with E-state index in [0.717, 1.165) is 31.2 Å². The molecule has 1 aliphatic rings. The van der Waals surface area contributed by atoms with E-state index in [-0.39, 0.29) is 17.2 Å². The lowest BCUT2D eigenvalue weighted by Gasteiger charge is -2.12. The van der Waals surface area contributed by atoms with Gasteiger partial charge in [0.15, 0.2) is 0 Å². The zero-order valence-electron chi connectivity index (χ0n) is 12.0. The molecule has 0 saturated heterocycles. The van der Waals surface area contributed by atoms with Crippen LogP contribution < -0.4 is 5.43 Å². The van der Waals surface area contributed by atoms with Gasteiger partial charge in [-0.3, -0.25) is 4.79 Å². The monoisotopic (exact) mass is 292 g/mol. The van der Waals surface area contributed by atoms with E-state index in [9.17, 15) is 4.79 Å². The average Bonchev–Trinajstić information content (AvgIpc) is 3.14. The normalized spacial score (nSPS) is 24.9. The van der Waals surface area contributed by atoms with Crippen molar-refractivity contribution < 1.29 is 4.79 Å². The maximum atomic E-state index is 12.1. The number of halogens is 1. The highest BCUT2D eigenvalue weighted by molar-refractivity contribution is 6.30. The summed E-state index contributed by atoms with van der Waals surface area (Å²) in [5.74, 6) is 0.169. The topological polar surface area (TPSA) is 41.5 Å². The van der Waals surface area contributed by atoms with Gasteiger partial charge >= 0.3 is 0 Å². The Labute approximate surface area is 125 Å². The van der Waals surface area contributed by atoms with Crippen LogP contribution in [0.25, 0.3) is 0 Å². The van der Waals surface area contributed by atoms with Crippen LogP contribution in [0.2, 0.25) is 5.02 Å². The number of rotatable bonds is 6. The van der Waals surface area contributed by atoms with Gasteiger partial charge in [-0.2, -0.15) is 5.10 Å². The molecular formula is C16H21ClN2O. The highest BCUT2D eigenvalue weighted by atomic mass is 35.5. The molecule has 2 atom stereocenters. The first-order chi connectivity index (χ1) is 9.61. The molecule has 0 aliphatic heterocycles. The molecule has 1 aliphatic carbocycles. The number of carbonyl (C=O) groups is 1. The first-order valence-electron chi connectivity index (χ1n) is 7.20. The van der Waals surface area contributed by atoms with E-state index in [1.54, 1.807) is 6.21 Å². The van der Waals surface area contributed by atoms with Gasteiger partial charge in [0.2, 0.25) is 5.91 Å². The predicted molar refractivity (Wildman–Crippen MR) is 82.9 cm³/mol. The lowest BCUT2D eigenvalue weighted by molar-refractivity contribution is -0.123. The van der Waals surface area contributed by atoms with Crippen LogP contribution in [0.4, 0.5) is 0 Å². The summed E-state index contributed by atoms with van der Waals surface area (Å²) in [5, 5.41) is 4.68. The minimum Gasteiger partial charge on any atom is -0.273 e. The van der Waals surface area contributed by atoms with Crippen molar-refractivity contribution in [2.45, 2.75) is 39.5 Å². The van der Waals surface area contributed by atoms with E-state index in [1.807, 2.05) is 24.3 Å². The van der Waals surface area contributed by atoms with Crippen LogP contribution in [0.15, 0.2) is 29.4 Å². The third-order valence-corrected chi connectivity index (χ3v) is 4.43. The fourth-order valence-corrected chi connectivity index (χ4v) is 3.09. The highest BCUT2D eigenvalue weighted by Gasteiger charge is 2.55. The maximum Gasteiger partial charge on any atom is 0.243 e. The molecule has 3 nitrogen and oxygen atoms in total. The second kappa shape index (κ2) is 6.40. The Kier molecular flexibility index (Phi) is 4.81. The van der Waals surface area contributed by atoms with Crippen LogP contribution in [-0.4, -0.2) is 12.1 Å². The molecule has 0 spiro atoms. The highest BCUT2D eigenvalue weighted by Crippen LogP contribution is 2.58. The number of hydrazone groups is 1. The molecule has 0 aromatic heterocycles. The van der Waals surface area contributed by atoms with Crippen molar-refractivity contribution in [3.05, 3.63) is 34.9 Å². The quantitative estimate of drug-likeness (QED) is 0.625. The van der Waals surface area contributed by atoms with E-state index >= 15 is 0 Å². The number of hydrogen-bond donors (Lipinski definition) is 1. The number of nitrogens with zero attached hydrogens (tertiary/aromatic N) is 1. The molecule has 2 rings (SSSR count). The van der Waals surface area contributed by atoms with E-state index in [2.05, 4.69) is 24.4 Å². The summed E-state index contributed by atoms with van der Waals surface area (Å²) in [7, 11) is 0. The lowest BCUT2D eigenvalue weighted by atomic mass is 9.94. The summed E-state index contributed by atoms with van der Waals surface area (Å²) in [4.78, 5) is 12.1. The van der Waals surface area contributed by atoms with Crippen LogP contribution in [0, 0.1) is 11.3 Å². The molecule has 1 aromatic carbocycles. The zero-order valence-corrected chi connectivity index (χ0v) is 12.8. The van der Waals surface area contributed by atoms with Gasteiger partial charge in [-0.15, -0.1) is 0 Å². The van der Waals surface area contributed by atoms with E-state index in [1.165, 1.54) is 0 Å². The Hall–Kier alpha value is -1.35. The Morgan fingerprint density at radius 2 is 2.35 bits per heavy atom. The Bertz CT molecular complexity index is 515. The van der Waals surface area contributed by atoms with E-state index < -0.39 is 0 Å². The van der Waals surface area contributed by atoms with Gasteiger partial charge in [0.05, 0.1) is 6.21 Å². The van der Waals surface area contributed by atoms with E-state index in [0.29, 0.717) is 5.02 Å². The molecule has 0 radical (unpaired) electrons. The van der Waals surface area contributed by atoms with Gasteiger partial charge in [-0.1, -0.05) is 44.0 Å². The van der Waals surface area contributed by atoms with Gasteiger partial charge in [-0.25, -0.2) is 5.43 Å². The van der Waals surface area contributed by atoms with Crippen molar-refractivity contribution in [1.82, 2.24) is 5.43 Å². The molecule has 20 heavy (non-hydrogen) atoms. The standard InChI is InChI=1S/C16H21ClN2O/c1-3-8-16(4-2)10-14(16)15(20)19-18-11-12-6-5-7-13(17)9-12/h5-7,9,11,14H,3-4,8,10H2,1-2H3,(H,19,20)/b18-11-. The minimum atomic E-state index is 0.0404. The summed E-state index contributed by atoms with van der Waals surface area (Å²) in [6.07, 6.45) is 5.94. The molecule has 2 unspecified atom stereocenters. The van der Waals surface area contributed by atoms with Crippen molar-refractivity contribution in [2.24, 2.45) is 16.4 Å². The van der Waals surface area contributed by atoms with Crippen LogP contribution in [0.1, 0.15) is 45.1 Å². The lowest BCUT2D eigenvalue weighted by Crippen LogP contribution is -2.23. The number of nitrogens with one attached hydrogen (secondary N) is 1. The molecule has 1 fully saturated rings. The average molecular weight is 293 g/mol. The summed E-state index contributed by atoms with van der Waals surface area (Å²) in [6.45, 7) is 4.33. The number of hydrogen-bond acceptors (Lipinski definition) is 2. The summed E-state index contributed by atoms with van der Waals surface area (Å²) in [6, 6.07) is 7.37. The smallest absolute Gasteiger partial charge is 0.243 e. The molecule has 0 heterocycles. The molecule has 1 saturated carbocycles. The molecule has 0 bridgehead atoms. The summed E-state index contributed by atoms with van der Waals surface area (Å²) < 4.78 is 0. The van der Waals surface area contributed by atoms with Crippen LogP contribution in [0.3, 0.4) is 0 Å². The third-order valence-electron chi connectivity index (χ3n) is 4.20. The van der Waals surface area contributed by atoms with Gasteiger partial charge < -0.3 is 0 Å². The SMILES string of the molecule is CCCC1(CC)CC1C(=O)N/N=C\c1cccc(Cl)c1. The zero-order chi connectivity index (χ0) is 14.6. The first kappa shape index (κ1) is 15.0. The fourth-order valence-electron chi connectivity index (χ4n) is 2.90. The van der Waals surface area contributed by atoms with E-state index in [4.69, 9.17) is 11.6 Å². The number of amides is 1. The molecule has 1 amide bonds. The largest absolute Gasteiger partial charge is 0.273 e. The predicted octanol–water partition coefficient (Wildman–Crippen LogP) is 4.01. The van der Waals surface area contributed by atoms with Gasteiger partial charge in [0.1, 0.15) is 0 Å². The number of carbonyl (C=O) groups excluding carboxylic acids is 1. The number of benzene rings is 1. The van der Waals surface area contributed by atoms with Crippen LogP contribution >= 0.6 is 11.6 Å². The Morgan fingerprint density at radius 3 is 3.00 bits per heavy atom. The summed E-state index contributed by atoms with van der Waals surface area (Å²) >= 11 is 5.89. The Balaban J connectivity index is 1.87. The minimum absolute atomic E-state index is 0.0404. The third kappa shape index (κ3) is 3.40. The van der Waals surface area contributed by atoms with Gasteiger partial charge in [0.25, 0.3) is 0 Å². The Morgan fingerprint density at radius 1 is 1.55 bits per heavy atom. The van der Waals surface area contributed by atoms with Crippen molar-refractivity contribution >= 4 is 23.7 Å². The molecule has 1 N–H and O–H groups in total. The molecule has 4 heteroatoms. The van der Waals surface area contributed by atoms with Gasteiger partial charge in [0, 0.05) is 10.9 Å². The van der Waals surface area contributed by atoms with Crippen molar-refractivity contribution in [3.63, 3.8) is 0 Å². The fraction of sp³-hybridized carbons (Fsp3) is 0.500. The molecular weight excluding hydrogens is 272 g/mol. The first-order valence-corrected chi connectivity index (χ1v) is 7.57. The van der Waals surface area contributed by atoms with Crippen molar-refractivity contribution in [1.29, 1.82) is 0 Å². The second-order valence-corrected chi connectivity index (χ2v) is 5.95. The molecule has 1 aromatic rings. The van der Waals surface area contributed by atoms with Crippen molar-refractivity contribution in [2.75, 3.05) is 0 Å². The van der Waals surface area contributed by atoms with Crippen LogP contribution in [-0.2, 0) is 4.79 Å². The van der Waals surface area contributed by atoms with Crippen molar-refractivity contribution in [3.8, 4) is 0 Å². The molecule has 108 valence electrons. The maximum absolute atomic E-state index is 12.1. The van der Waals surface area contributed by atoms with Gasteiger partial charge in [-0.05, 0) is 42.4 Å². The van der Waals surface area contributed by atoms with Crippen LogP contribution in [0.5, 0.6) is 0 Å².